The number of aliphatic carboxylic acids is 1. The van der Waals surface area contributed by atoms with E-state index in [1.807, 2.05) is 11.3 Å². The number of likely N-dealkylation sites (tertiary alicyclic amines) is 1. The van der Waals surface area contributed by atoms with Gasteiger partial charge in [0.15, 0.2) is 9.84 Å². The highest BCUT2D eigenvalue weighted by atomic mass is 32.2. The number of hydrogen-bond donors (Lipinski definition) is 1. The zero-order chi connectivity index (χ0) is 17.2. The van der Waals surface area contributed by atoms with Gasteiger partial charge in [0, 0.05) is 17.3 Å². The molecule has 1 aliphatic carbocycles. The third-order valence-corrected chi connectivity index (χ3v) is 7.67. The normalized spacial score (nSPS) is 20.0. The van der Waals surface area contributed by atoms with Crippen molar-refractivity contribution in [1.82, 2.24) is 9.88 Å². The minimum atomic E-state index is -3.50. The van der Waals surface area contributed by atoms with Crippen LogP contribution in [0.15, 0.2) is 0 Å². The molecule has 0 unspecified atom stereocenters. The van der Waals surface area contributed by atoms with Gasteiger partial charge in [0.25, 0.3) is 0 Å². The van der Waals surface area contributed by atoms with Crippen molar-refractivity contribution < 1.29 is 18.3 Å². The van der Waals surface area contributed by atoms with Gasteiger partial charge in [0.1, 0.15) is 5.75 Å². The molecule has 2 heterocycles. The fourth-order valence-corrected chi connectivity index (χ4v) is 5.86. The summed E-state index contributed by atoms with van der Waals surface area (Å²) >= 11 is 1.88. The fourth-order valence-electron chi connectivity index (χ4n) is 3.48. The molecule has 0 atom stereocenters. The van der Waals surface area contributed by atoms with Crippen LogP contribution < -0.4 is 0 Å². The van der Waals surface area contributed by atoms with Crippen LogP contribution in [0.2, 0.25) is 0 Å². The predicted molar refractivity (Wildman–Crippen MR) is 93.5 cm³/mol. The molecule has 0 radical (unpaired) electrons. The van der Waals surface area contributed by atoms with Crippen LogP contribution in [0.4, 0.5) is 0 Å². The van der Waals surface area contributed by atoms with E-state index in [-0.39, 0.29) is 5.75 Å². The fraction of sp³-hybridized carbons (Fsp3) is 0.750. The Labute approximate surface area is 146 Å². The average molecular weight is 373 g/mol. The number of aromatic nitrogens is 1. The summed E-state index contributed by atoms with van der Waals surface area (Å²) in [5.74, 6) is -1.63. The molecule has 3 rings (SSSR count). The highest BCUT2D eigenvalue weighted by Crippen LogP contribution is 2.35. The largest absolute Gasteiger partial charge is 0.480 e. The van der Waals surface area contributed by atoms with Gasteiger partial charge >= 0.3 is 5.97 Å². The highest BCUT2D eigenvalue weighted by Gasteiger charge is 2.26. The van der Waals surface area contributed by atoms with Crippen molar-refractivity contribution in [3.05, 3.63) is 15.6 Å². The summed E-state index contributed by atoms with van der Waals surface area (Å²) in [6.45, 7) is 2.14. The first-order chi connectivity index (χ1) is 11.4. The van der Waals surface area contributed by atoms with Crippen molar-refractivity contribution >= 4 is 27.1 Å². The van der Waals surface area contributed by atoms with E-state index in [1.54, 1.807) is 0 Å². The molecule has 1 N–H and O–H groups in total. The highest BCUT2D eigenvalue weighted by molar-refractivity contribution is 7.92. The molecule has 24 heavy (non-hydrogen) atoms. The maximum absolute atomic E-state index is 11.7. The molecule has 1 aromatic heterocycles. The van der Waals surface area contributed by atoms with Crippen LogP contribution in [0.5, 0.6) is 0 Å². The summed E-state index contributed by atoms with van der Waals surface area (Å²) in [5, 5.41) is 9.88. The van der Waals surface area contributed by atoms with Gasteiger partial charge in [-0.1, -0.05) is 0 Å². The standard InChI is InChI=1S/C16H24N2O4S2/c19-15(20)11-24(21,22)10-9-18-7-5-12(6-8-18)16-17-13-3-1-2-4-14(13)23-16/h12H,1-11H2,(H,19,20). The van der Waals surface area contributed by atoms with Gasteiger partial charge in [-0.2, -0.15) is 0 Å². The number of carboxylic acid groups (broad SMARTS) is 1. The van der Waals surface area contributed by atoms with Crippen LogP contribution in [0, 0.1) is 0 Å². The second-order valence-electron chi connectivity index (χ2n) is 6.73. The Balaban J connectivity index is 1.49. The smallest absolute Gasteiger partial charge is 0.318 e. The van der Waals surface area contributed by atoms with Crippen molar-refractivity contribution in [3.63, 3.8) is 0 Å². The van der Waals surface area contributed by atoms with Crippen molar-refractivity contribution in [2.24, 2.45) is 0 Å². The molecule has 0 aromatic carbocycles. The number of piperidine rings is 1. The van der Waals surface area contributed by atoms with E-state index in [0.717, 1.165) is 32.4 Å². The van der Waals surface area contributed by atoms with Gasteiger partial charge in [-0.05, 0) is 51.6 Å². The lowest BCUT2D eigenvalue weighted by atomic mass is 9.97. The lowest BCUT2D eigenvalue weighted by Gasteiger charge is -2.30. The number of carboxylic acids is 1. The molecule has 0 saturated carbocycles. The first kappa shape index (κ1) is 17.8. The first-order valence-electron chi connectivity index (χ1n) is 8.56. The molecule has 2 aliphatic rings. The van der Waals surface area contributed by atoms with Crippen LogP contribution in [0.1, 0.15) is 47.2 Å². The van der Waals surface area contributed by atoms with Gasteiger partial charge in [-0.3, -0.25) is 4.79 Å². The van der Waals surface area contributed by atoms with Crippen molar-refractivity contribution in [2.75, 3.05) is 31.1 Å². The van der Waals surface area contributed by atoms with Gasteiger partial charge in [-0.15, -0.1) is 11.3 Å². The third-order valence-electron chi connectivity index (χ3n) is 4.86. The molecule has 1 fully saturated rings. The summed E-state index contributed by atoms with van der Waals surface area (Å²) in [4.78, 5) is 19.0. The molecule has 0 spiro atoms. The van der Waals surface area contributed by atoms with Gasteiger partial charge in [-0.25, -0.2) is 13.4 Å². The van der Waals surface area contributed by atoms with Crippen LogP contribution in [-0.4, -0.2) is 60.5 Å². The summed E-state index contributed by atoms with van der Waals surface area (Å²) < 4.78 is 23.3. The molecule has 8 heteroatoms. The molecule has 134 valence electrons. The van der Waals surface area contributed by atoms with E-state index in [2.05, 4.69) is 4.90 Å². The first-order valence-corrected chi connectivity index (χ1v) is 11.2. The molecule has 0 bridgehead atoms. The lowest BCUT2D eigenvalue weighted by Crippen LogP contribution is -2.37. The molecular formula is C16H24N2O4S2. The Morgan fingerprint density at radius 3 is 2.62 bits per heavy atom. The Kier molecular flexibility index (Phi) is 5.56. The maximum Gasteiger partial charge on any atom is 0.318 e. The number of sulfone groups is 1. The maximum atomic E-state index is 11.7. The monoisotopic (exact) mass is 372 g/mol. The third kappa shape index (κ3) is 4.55. The van der Waals surface area contributed by atoms with E-state index in [9.17, 15) is 13.2 Å². The molecule has 1 aliphatic heterocycles. The Hall–Kier alpha value is -0.990. The molecule has 1 aromatic rings. The number of aryl methyl sites for hydroxylation is 2. The summed E-state index contributed by atoms with van der Waals surface area (Å²) in [6.07, 6.45) is 6.83. The predicted octanol–water partition coefficient (Wildman–Crippen LogP) is 1.70. The number of hydrogen-bond acceptors (Lipinski definition) is 6. The van der Waals surface area contributed by atoms with E-state index < -0.39 is 21.6 Å². The van der Waals surface area contributed by atoms with Crippen LogP contribution >= 0.6 is 11.3 Å². The van der Waals surface area contributed by atoms with Crippen molar-refractivity contribution in [2.45, 2.75) is 44.4 Å². The van der Waals surface area contributed by atoms with E-state index in [1.165, 1.54) is 34.8 Å². The van der Waals surface area contributed by atoms with Gasteiger partial charge in [0.2, 0.25) is 0 Å². The molecule has 1 saturated heterocycles. The Bertz CT molecular complexity index is 667. The minimum absolute atomic E-state index is 0.0739. The van der Waals surface area contributed by atoms with Gasteiger partial charge in [0.05, 0.1) is 16.5 Å². The molecule has 0 amide bonds. The summed E-state index contributed by atoms with van der Waals surface area (Å²) in [6, 6.07) is 0. The van der Waals surface area contributed by atoms with Crippen molar-refractivity contribution in [1.29, 1.82) is 0 Å². The number of nitrogens with zero attached hydrogens (tertiary/aromatic N) is 2. The molecule has 6 nitrogen and oxygen atoms in total. The SMILES string of the molecule is O=C(O)CS(=O)(=O)CCN1CCC(c2nc3c(s2)CCCC3)CC1. The van der Waals surface area contributed by atoms with Crippen LogP contribution in [0.3, 0.4) is 0 Å². The van der Waals surface area contributed by atoms with E-state index in [4.69, 9.17) is 10.1 Å². The van der Waals surface area contributed by atoms with Crippen LogP contribution in [-0.2, 0) is 27.5 Å². The van der Waals surface area contributed by atoms with Gasteiger partial charge < -0.3 is 10.0 Å². The lowest BCUT2D eigenvalue weighted by molar-refractivity contribution is -0.134. The summed E-state index contributed by atoms with van der Waals surface area (Å²) in [7, 11) is -3.50. The topological polar surface area (TPSA) is 87.6 Å². The second kappa shape index (κ2) is 7.49. The second-order valence-corrected chi connectivity index (χ2v) is 10.0. The molecular weight excluding hydrogens is 348 g/mol. The quantitative estimate of drug-likeness (QED) is 0.818. The number of rotatable bonds is 6. The minimum Gasteiger partial charge on any atom is -0.480 e. The average Bonchev–Trinajstić information content (AvgIpc) is 2.96. The van der Waals surface area contributed by atoms with Crippen molar-refractivity contribution in [3.8, 4) is 0 Å². The number of carbonyl (C=O) groups is 1. The van der Waals surface area contributed by atoms with E-state index >= 15 is 0 Å². The number of thiazole rings is 1. The zero-order valence-corrected chi connectivity index (χ0v) is 15.4. The van der Waals surface area contributed by atoms with E-state index in [0.29, 0.717) is 12.5 Å². The Morgan fingerprint density at radius 1 is 1.25 bits per heavy atom. The Morgan fingerprint density at radius 2 is 1.96 bits per heavy atom. The van der Waals surface area contributed by atoms with Crippen LogP contribution in [0.25, 0.3) is 0 Å². The zero-order valence-electron chi connectivity index (χ0n) is 13.7. The number of fused-ring (bicyclic) bond motifs is 1. The summed E-state index contributed by atoms with van der Waals surface area (Å²) in [5.41, 5.74) is 1.31.